The molecule has 1 fully saturated rings. The minimum absolute atomic E-state index is 0.109. The molecule has 1 aromatic heterocycles. The van der Waals surface area contributed by atoms with Crippen molar-refractivity contribution in [2.45, 2.75) is 31.7 Å². The number of piperidine rings is 1. The first kappa shape index (κ1) is 12.6. The van der Waals surface area contributed by atoms with Crippen LogP contribution >= 0.6 is 0 Å². The molecule has 3 heterocycles. The van der Waals surface area contributed by atoms with Gasteiger partial charge in [0.1, 0.15) is 5.82 Å². The number of fused-ring (bicyclic) bond motifs is 4. The fourth-order valence-electron chi connectivity index (χ4n) is 3.81. The molecule has 1 aromatic carbocycles. The Hall–Kier alpha value is -2.10. The average molecular weight is 282 g/mol. The van der Waals surface area contributed by atoms with Gasteiger partial charge in [0.2, 0.25) is 0 Å². The second-order valence-electron chi connectivity index (χ2n) is 6.07. The lowest BCUT2D eigenvalue weighted by molar-refractivity contribution is -0.142. The fourth-order valence-corrected chi connectivity index (χ4v) is 3.81. The van der Waals surface area contributed by atoms with E-state index >= 15 is 0 Å². The lowest BCUT2D eigenvalue weighted by Gasteiger charge is -2.44. The smallest absolute Gasteiger partial charge is 0.308 e. The van der Waals surface area contributed by atoms with Crippen LogP contribution in [0.5, 0.6) is 0 Å². The van der Waals surface area contributed by atoms with Crippen LogP contribution in [-0.4, -0.2) is 28.6 Å². The Balaban J connectivity index is 1.87. The second-order valence-corrected chi connectivity index (χ2v) is 6.07. The van der Waals surface area contributed by atoms with Crippen LogP contribution in [0.2, 0.25) is 0 Å². The largest absolute Gasteiger partial charge is 0.481 e. The number of anilines is 1. The summed E-state index contributed by atoms with van der Waals surface area (Å²) < 4.78 is 0. The van der Waals surface area contributed by atoms with Crippen molar-refractivity contribution in [3.05, 3.63) is 35.9 Å². The van der Waals surface area contributed by atoms with Crippen LogP contribution in [0.15, 0.2) is 30.3 Å². The zero-order chi connectivity index (χ0) is 14.4. The van der Waals surface area contributed by atoms with Gasteiger partial charge in [0.25, 0.3) is 0 Å². The van der Waals surface area contributed by atoms with E-state index in [0.29, 0.717) is 6.42 Å². The highest BCUT2D eigenvalue weighted by Gasteiger charge is 2.40. The number of hydrogen-bond acceptors (Lipinski definition) is 3. The number of para-hydroxylation sites is 1. The van der Waals surface area contributed by atoms with Crippen LogP contribution in [0.3, 0.4) is 0 Å². The Morgan fingerprint density at radius 2 is 2.14 bits per heavy atom. The van der Waals surface area contributed by atoms with E-state index in [1.165, 1.54) is 0 Å². The first-order valence-corrected chi connectivity index (χ1v) is 7.62. The summed E-state index contributed by atoms with van der Waals surface area (Å²) >= 11 is 0. The minimum atomic E-state index is -0.675. The third-order valence-corrected chi connectivity index (χ3v) is 4.82. The van der Waals surface area contributed by atoms with Gasteiger partial charge in [0.05, 0.1) is 11.4 Å². The molecular formula is C17H18N2O2. The standard InChI is InChI=1S/C17H18N2O2/c20-17(21)13-10-12-9-11-5-1-2-6-14(11)18-16(12)19-8-4-3-7-15(13)19/h1-2,5-6,9,13,15H,3-4,7-8,10H2,(H,20,21)/t13?,15-/m1/s1. The van der Waals surface area contributed by atoms with E-state index in [9.17, 15) is 9.90 Å². The SMILES string of the molecule is O=C(O)C1Cc2cc3ccccc3nc2N2CCCC[C@H]12. The van der Waals surface area contributed by atoms with Crippen LogP contribution in [0.1, 0.15) is 24.8 Å². The number of nitrogens with zero attached hydrogens (tertiary/aromatic N) is 2. The number of hydrogen-bond donors (Lipinski definition) is 1. The summed E-state index contributed by atoms with van der Waals surface area (Å²) in [6.07, 6.45) is 3.80. The molecule has 1 N–H and O–H groups in total. The Bertz CT molecular complexity index is 713. The second kappa shape index (κ2) is 4.72. The Morgan fingerprint density at radius 3 is 3.00 bits per heavy atom. The first-order chi connectivity index (χ1) is 10.2. The molecule has 0 spiro atoms. The highest BCUT2D eigenvalue weighted by Crippen LogP contribution is 2.38. The van der Waals surface area contributed by atoms with E-state index in [0.717, 1.165) is 48.1 Å². The maximum Gasteiger partial charge on any atom is 0.308 e. The molecule has 4 rings (SSSR count). The van der Waals surface area contributed by atoms with Crippen molar-refractivity contribution in [1.82, 2.24) is 4.98 Å². The number of carboxylic acids is 1. The molecule has 2 aromatic rings. The maximum atomic E-state index is 11.6. The zero-order valence-electron chi connectivity index (χ0n) is 11.8. The van der Waals surface area contributed by atoms with E-state index < -0.39 is 5.97 Å². The summed E-state index contributed by atoms with van der Waals surface area (Å²) in [5.41, 5.74) is 2.08. The Kier molecular flexibility index (Phi) is 2.84. The van der Waals surface area contributed by atoms with Gasteiger partial charge in [-0.15, -0.1) is 0 Å². The molecule has 1 unspecified atom stereocenters. The Morgan fingerprint density at radius 1 is 1.29 bits per heavy atom. The van der Waals surface area contributed by atoms with Gasteiger partial charge in [-0.25, -0.2) is 4.98 Å². The van der Waals surface area contributed by atoms with E-state index in [2.05, 4.69) is 11.0 Å². The van der Waals surface area contributed by atoms with Crippen molar-refractivity contribution in [3.8, 4) is 0 Å². The van der Waals surface area contributed by atoms with Crippen molar-refractivity contribution < 1.29 is 9.90 Å². The maximum absolute atomic E-state index is 11.6. The van der Waals surface area contributed by atoms with Gasteiger partial charge in [-0.1, -0.05) is 18.2 Å². The molecule has 4 heteroatoms. The number of carbonyl (C=O) groups is 1. The predicted molar refractivity (Wildman–Crippen MR) is 81.6 cm³/mol. The van der Waals surface area contributed by atoms with Crippen LogP contribution in [0.25, 0.3) is 10.9 Å². The monoisotopic (exact) mass is 282 g/mol. The molecular weight excluding hydrogens is 264 g/mol. The topological polar surface area (TPSA) is 53.4 Å². The van der Waals surface area contributed by atoms with Crippen LogP contribution in [0.4, 0.5) is 5.82 Å². The molecule has 2 atom stereocenters. The predicted octanol–water partition coefficient (Wildman–Crippen LogP) is 2.85. The quantitative estimate of drug-likeness (QED) is 0.874. The molecule has 0 aliphatic carbocycles. The van der Waals surface area contributed by atoms with Gasteiger partial charge in [-0.3, -0.25) is 4.79 Å². The number of pyridine rings is 1. The number of carboxylic acid groups (broad SMARTS) is 1. The van der Waals surface area contributed by atoms with Gasteiger partial charge < -0.3 is 10.0 Å². The molecule has 1 saturated heterocycles. The summed E-state index contributed by atoms with van der Waals surface area (Å²) in [6, 6.07) is 10.3. The third kappa shape index (κ3) is 1.97. The molecule has 2 aliphatic rings. The van der Waals surface area contributed by atoms with Crippen LogP contribution in [0, 0.1) is 5.92 Å². The minimum Gasteiger partial charge on any atom is -0.481 e. The normalized spacial score (nSPS) is 24.5. The van der Waals surface area contributed by atoms with Gasteiger partial charge in [-0.05, 0) is 43.4 Å². The summed E-state index contributed by atoms with van der Waals surface area (Å²) in [5.74, 6) is 0.0300. The lowest BCUT2D eigenvalue weighted by Crippen LogP contribution is -2.51. The third-order valence-electron chi connectivity index (χ3n) is 4.82. The number of aromatic nitrogens is 1. The van der Waals surface area contributed by atoms with E-state index in [1.807, 2.05) is 24.3 Å². The summed E-state index contributed by atoms with van der Waals surface area (Å²) in [4.78, 5) is 18.7. The molecule has 21 heavy (non-hydrogen) atoms. The van der Waals surface area contributed by atoms with Gasteiger partial charge in [0.15, 0.2) is 0 Å². The molecule has 0 saturated carbocycles. The van der Waals surface area contributed by atoms with Crippen molar-refractivity contribution >= 4 is 22.7 Å². The van der Waals surface area contributed by atoms with E-state index in [-0.39, 0.29) is 12.0 Å². The highest BCUT2D eigenvalue weighted by molar-refractivity contribution is 5.83. The van der Waals surface area contributed by atoms with Gasteiger partial charge in [0, 0.05) is 18.0 Å². The molecule has 108 valence electrons. The number of aliphatic carboxylic acids is 1. The van der Waals surface area contributed by atoms with Crippen molar-refractivity contribution in [1.29, 1.82) is 0 Å². The molecule has 0 radical (unpaired) electrons. The molecule has 2 aliphatic heterocycles. The summed E-state index contributed by atoms with van der Waals surface area (Å²) in [6.45, 7) is 0.923. The molecule has 0 bridgehead atoms. The van der Waals surface area contributed by atoms with Crippen LogP contribution < -0.4 is 4.90 Å². The molecule has 4 nitrogen and oxygen atoms in total. The Labute approximate surface area is 123 Å². The fraction of sp³-hybridized carbons (Fsp3) is 0.412. The van der Waals surface area contributed by atoms with Gasteiger partial charge >= 0.3 is 5.97 Å². The van der Waals surface area contributed by atoms with Gasteiger partial charge in [-0.2, -0.15) is 0 Å². The first-order valence-electron chi connectivity index (χ1n) is 7.62. The summed E-state index contributed by atoms with van der Waals surface area (Å²) in [5, 5.41) is 10.7. The van der Waals surface area contributed by atoms with E-state index in [4.69, 9.17) is 4.98 Å². The number of benzene rings is 1. The van der Waals surface area contributed by atoms with E-state index in [1.54, 1.807) is 0 Å². The lowest BCUT2D eigenvalue weighted by atomic mass is 9.82. The molecule has 0 amide bonds. The number of rotatable bonds is 1. The van der Waals surface area contributed by atoms with Crippen molar-refractivity contribution in [2.75, 3.05) is 11.4 Å². The van der Waals surface area contributed by atoms with Crippen molar-refractivity contribution in [3.63, 3.8) is 0 Å². The average Bonchev–Trinajstić information content (AvgIpc) is 2.52. The highest BCUT2D eigenvalue weighted by atomic mass is 16.4. The summed E-state index contributed by atoms with van der Waals surface area (Å²) in [7, 11) is 0. The zero-order valence-corrected chi connectivity index (χ0v) is 11.8. The van der Waals surface area contributed by atoms with Crippen molar-refractivity contribution in [2.24, 2.45) is 5.92 Å². The van der Waals surface area contributed by atoms with Crippen LogP contribution in [-0.2, 0) is 11.2 Å².